The number of sulfonamides is 1. The van der Waals surface area contributed by atoms with Crippen molar-refractivity contribution in [1.82, 2.24) is 0 Å². The summed E-state index contributed by atoms with van der Waals surface area (Å²) in [5, 5.41) is 2.48. The van der Waals surface area contributed by atoms with Gasteiger partial charge in [0.15, 0.2) is 0 Å². The molecule has 2 N–H and O–H groups in total. The molecule has 1 amide bonds. The van der Waals surface area contributed by atoms with Gasteiger partial charge >= 0.3 is 6.18 Å². The topological polar surface area (TPSA) is 84.5 Å². The Balaban J connectivity index is 2.42. The second-order valence-electron chi connectivity index (χ2n) is 4.96. The average Bonchev–Trinajstić information content (AvgIpc) is 2.44. The van der Waals surface area contributed by atoms with Gasteiger partial charge in [-0.05, 0) is 30.7 Å². The van der Waals surface area contributed by atoms with Crippen LogP contribution >= 0.6 is 0 Å². The highest BCUT2D eigenvalue weighted by atomic mass is 32.2. The summed E-state index contributed by atoms with van der Waals surface area (Å²) < 4.78 is 65.5. The van der Waals surface area contributed by atoms with Gasteiger partial charge in [0.25, 0.3) is 0 Å². The van der Waals surface area contributed by atoms with Crippen LogP contribution in [-0.2, 0) is 19.6 Å². The van der Waals surface area contributed by atoms with Crippen molar-refractivity contribution < 1.29 is 31.1 Å². The lowest BCUT2D eigenvalue weighted by molar-refractivity contribution is -0.174. The molecule has 24 heavy (non-hydrogen) atoms. The lowest BCUT2D eigenvalue weighted by Gasteiger charge is -2.10. The number of ether oxygens (including phenoxy) is 1. The zero-order chi connectivity index (χ0) is 18.2. The molecule has 0 aromatic heterocycles. The number of nitrogens with one attached hydrogen (secondary N) is 2. The second-order valence-corrected chi connectivity index (χ2v) is 6.81. The maximum absolute atomic E-state index is 11.9. The van der Waals surface area contributed by atoms with Crippen molar-refractivity contribution in [3.63, 3.8) is 0 Å². The molecule has 1 aromatic carbocycles. The molecule has 0 radical (unpaired) electrons. The number of amides is 1. The highest BCUT2D eigenvalue weighted by molar-refractivity contribution is 7.92. The molecule has 0 saturated heterocycles. The largest absolute Gasteiger partial charge is 0.411 e. The molecule has 0 atom stereocenters. The monoisotopic (exact) mass is 368 g/mol. The molecule has 0 saturated carbocycles. The van der Waals surface area contributed by atoms with Gasteiger partial charge in [0.2, 0.25) is 15.9 Å². The number of carbonyl (C=O) groups is 1. The van der Waals surface area contributed by atoms with Crippen molar-refractivity contribution in [2.24, 2.45) is 0 Å². The minimum absolute atomic E-state index is 0.00339. The lowest BCUT2D eigenvalue weighted by atomic mass is 10.3. The number of rotatable bonds is 9. The van der Waals surface area contributed by atoms with Crippen LogP contribution in [0.3, 0.4) is 0 Å². The van der Waals surface area contributed by atoms with Crippen LogP contribution < -0.4 is 10.0 Å². The van der Waals surface area contributed by atoms with Crippen molar-refractivity contribution in [2.75, 3.05) is 29.0 Å². The summed E-state index contributed by atoms with van der Waals surface area (Å²) in [5.41, 5.74) is 0.754. The maximum Gasteiger partial charge on any atom is 0.411 e. The summed E-state index contributed by atoms with van der Waals surface area (Å²) >= 11 is 0. The first kappa shape index (κ1) is 20.2. The van der Waals surface area contributed by atoms with Gasteiger partial charge in [-0.25, -0.2) is 8.42 Å². The first-order valence-electron chi connectivity index (χ1n) is 7.16. The number of anilines is 2. The van der Waals surface area contributed by atoms with E-state index >= 15 is 0 Å². The van der Waals surface area contributed by atoms with E-state index in [1.54, 1.807) is 6.92 Å². The van der Waals surface area contributed by atoms with Crippen LogP contribution in [0.4, 0.5) is 24.5 Å². The van der Waals surface area contributed by atoms with Gasteiger partial charge in [-0.1, -0.05) is 6.92 Å². The first-order chi connectivity index (χ1) is 11.1. The molecule has 0 fully saturated rings. The molecule has 1 rings (SSSR count). The van der Waals surface area contributed by atoms with Gasteiger partial charge in [-0.2, -0.15) is 13.2 Å². The fraction of sp³-hybridized carbons (Fsp3) is 0.500. The normalized spacial score (nSPS) is 12.0. The molecule has 0 aliphatic heterocycles. The Morgan fingerprint density at radius 3 is 2.29 bits per heavy atom. The Morgan fingerprint density at radius 1 is 1.17 bits per heavy atom. The number of hydrogen-bond acceptors (Lipinski definition) is 4. The zero-order valence-electron chi connectivity index (χ0n) is 13.0. The quantitative estimate of drug-likeness (QED) is 0.657. The van der Waals surface area contributed by atoms with Crippen LogP contribution in [0.2, 0.25) is 0 Å². The fourth-order valence-electron chi connectivity index (χ4n) is 1.70. The minimum Gasteiger partial charge on any atom is -0.372 e. The van der Waals surface area contributed by atoms with E-state index in [4.69, 9.17) is 0 Å². The summed E-state index contributed by atoms with van der Waals surface area (Å²) in [4.78, 5) is 11.6. The van der Waals surface area contributed by atoms with Crippen LogP contribution in [0.1, 0.15) is 19.8 Å². The van der Waals surface area contributed by atoms with E-state index in [0.717, 1.165) is 0 Å². The standard InChI is InChI=1S/C14H19F3N2O4S/c1-2-9-24(21,22)19-12-5-3-11(4-6-12)18-13(20)7-8-23-10-14(15,16)17/h3-6,19H,2,7-10H2,1H3,(H,18,20). The van der Waals surface area contributed by atoms with Crippen LogP contribution in [0.15, 0.2) is 24.3 Å². The summed E-state index contributed by atoms with van der Waals surface area (Å²) in [6, 6.07) is 5.92. The predicted molar refractivity (Wildman–Crippen MR) is 84.3 cm³/mol. The van der Waals surface area contributed by atoms with E-state index in [-0.39, 0.29) is 18.8 Å². The van der Waals surface area contributed by atoms with E-state index in [2.05, 4.69) is 14.8 Å². The van der Waals surface area contributed by atoms with Crippen molar-refractivity contribution in [2.45, 2.75) is 25.9 Å². The molecular weight excluding hydrogens is 349 g/mol. The Labute approximate surface area is 138 Å². The van der Waals surface area contributed by atoms with E-state index in [0.29, 0.717) is 17.8 Å². The number of halogens is 3. The molecule has 10 heteroatoms. The van der Waals surface area contributed by atoms with Gasteiger partial charge < -0.3 is 10.1 Å². The lowest BCUT2D eigenvalue weighted by Crippen LogP contribution is -2.20. The average molecular weight is 368 g/mol. The second kappa shape index (κ2) is 8.88. The van der Waals surface area contributed by atoms with Crippen molar-refractivity contribution >= 4 is 27.3 Å². The Morgan fingerprint density at radius 2 is 1.75 bits per heavy atom. The predicted octanol–water partition coefficient (Wildman–Crippen LogP) is 2.75. The summed E-state index contributed by atoms with van der Waals surface area (Å²) in [5.74, 6) is -0.500. The Hall–Kier alpha value is -1.81. The zero-order valence-corrected chi connectivity index (χ0v) is 13.8. The summed E-state index contributed by atoms with van der Waals surface area (Å²) in [6.07, 6.45) is -4.15. The smallest absolute Gasteiger partial charge is 0.372 e. The van der Waals surface area contributed by atoms with Gasteiger partial charge in [-0.15, -0.1) is 0 Å². The third kappa shape index (κ3) is 8.73. The minimum atomic E-state index is -4.42. The molecule has 0 spiro atoms. The van der Waals surface area contributed by atoms with Crippen LogP contribution in [0, 0.1) is 0 Å². The maximum atomic E-state index is 11.9. The molecule has 6 nitrogen and oxygen atoms in total. The van der Waals surface area contributed by atoms with Crippen molar-refractivity contribution in [3.05, 3.63) is 24.3 Å². The molecule has 0 aliphatic carbocycles. The Kier molecular flexibility index (Phi) is 7.49. The van der Waals surface area contributed by atoms with Gasteiger partial charge in [0.05, 0.1) is 18.8 Å². The molecule has 1 aromatic rings. The van der Waals surface area contributed by atoms with E-state index < -0.39 is 28.7 Å². The van der Waals surface area contributed by atoms with Gasteiger partial charge in [0.1, 0.15) is 6.61 Å². The molecular formula is C14H19F3N2O4S. The highest BCUT2D eigenvalue weighted by Crippen LogP contribution is 2.16. The third-order valence-corrected chi connectivity index (χ3v) is 4.15. The third-order valence-electron chi connectivity index (χ3n) is 2.65. The SMILES string of the molecule is CCCS(=O)(=O)Nc1ccc(NC(=O)CCOCC(F)(F)F)cc1. The molecule has 0 heterocycles. The number of alkyl halides is 3. The van der Waals surface area contributed by atoms with Gasteiger partial charge in [-0.3, -0.25) is 9.52 Å². The van der Waals surface area contributed by atoms with Crippen LogP contribution in [0.5, 0.6) is 0 Å². The van der Waals surface area contributed by atoms with Crippen molar-refractivity contribution in [3.8, 4) is 0 Å². The molecule has 0 aliphatic rings. The number of hydrogen-bond donors (Lipinski definition) is 2. The molecule has 0 unspecified atom stereocenters. The summed E-state index contributed by atoms with van der Waals surface area (Å²) in [6.45, 7) is 0.00338. The van der Waals surface area contributed by atoms with E-state index in [1.165, 1.54) is 24.3 Å². The van der Waals surface area contributed by atoms with E-state index in [9.17, 15) is 26.4 Å². The number of carbonyl (C=O) groups excluding carboxylic acids is 1. The first-order valence-corrected chi connectivity index (χ1v) is 8.81. The van der Waals surface area contributed by atoms with Crippen LogP contribution in [-0.4, -0.2) is 39.5 Å². The Bertz CT molecular complexity index is 630. The number of benzene rings is 1. The fourth-order valence-corrected chi connectivity index (χ4v) is 2.83. The van der Waals surface area contributed by atoms with Gasteiger partial charge in [0, 0.05) is 11.4 Å². The van der Waals surface area contributed by atoms with Crippen molar-refractivity contribution in [1.29, 1.82) is 0 Å². The summed E-state index contributed by atoms with van der Waals surface area (Å²) in [7, 11) is -3.39. The highest BCUT2D eigenvalue weighted by Gasteiger charge is 2.27. The van der Waals surface area contributed by atoms with Crippen LogP contribution in [0.25, 0.3) is 0 Å². The van der Waals surface area contributed by atoms with E-state index in [1.807, 2.05) is 0 Å². The molecule has 136 valence electrons. The molecule has 0 bridgehead atoms.